The second kappa shape index (κ2) is 9.60. The van der Waals surface area contributed by atoms with Crippen molar-refractivity contribution in [2.45, 2.75) is 39.3 Å². The molecule has 0 saturated carbocycles. The van der Waals surface area contributed by atoms with Crippen LogP contribution in [0.2, 0.25) is 13.1 Å². The average Bonchev–Trinajstić information content (AvgIpc) is 2.54. The van der Waals surface area contributed by atoms with Gasteiger partial charge in [-0.3, -0.25) is 0 Å². The van der Waals surface area contributed by atoms with Gasteiger partial charge in [0, 0.05) is 10.9 Å². The van der Waals surface area contributed by atoms with E-state index in [9.17, 15) is 5.11 Å². The second-order valence-electron chi connectivity index (χ2n) is 7.48. The minimum absolute atomic E-state index is 0.0596. The maximum atomic E-state index is 10.9. The fraction of sp³-hybridized carbons (Fsp3) is 0.368. The molecule has 136 valence electrons. The van der Waals surface area contributed by atoms with Gasteiger partial charge >= 0.3 is 37.9 Å². The van der Waals surface area contributed by atoms with Crippen molar-refractivity contribution in [2.24, 2.45) is 0 Å². The number of nitrogens with zero attached hydrogens (tertiary/aromatic N) is 1. The Balaban J connectivity index is 0.000000970. The standard InChI is InChI=1S/C19H27NOSi.2ClH.Zr/c1-19(2,3)16-13-10-14-17(18(16)21)22(5,6)20(4)15-11-8-7-9-12-15;;;/h7-14,21H,1-6H3;2*1H;/q;;;+2/p-2. The van der Waals surface area contributed by atoms with E-state index in [0.29, 0.717) is 5.75 Å². The van der Waals surface area contributed by atoms with Gasteiger partial charge in [0.05, 0.1) is 0 Å². The number of anilines is 1. The topological polar surface area (TPSA) is 23.5 Å². The van der Waals surface area contributed by atoms with Gasteiger partial charge < -0.3 is 9.67 Å². The van der Waals surface area contributed by atoms with Crippen molar-refractivity contribution in [3.05, 3.63) is 54.1 Å². The molecule has 25 heavy (non-hydrogen) atoms. The zero-order valence-electron chi connectivity index (χ0n) is 15.8. The molecule has 0 amide bonds. The van der Waals surface area contributed by atoms with Gasteiger partial charge in [0.1, 0.15) is 5.75 Å². The fourth-order valence-corrected chi connectivity index (χ4v) is 5.17. The van der Waals surface area contributed by atoms with E-state index in [2.05, 4.69) is 81.9 Å². The molecule has 2 rings (SSSR count). The summed E-state index contributed by atoms with van der Waals surface area (Å²) in [5, 5.41) is 12.0. The molecule has 0 bridgehead atoms. The Kier molecular flexibility index (Phi) is 8.74. The van der Waals surface area contributed by atoms with Gasteiger partial charge in [0.2, 0.25) is 0 Å². The number of phenolic OH excluding ortho intramolecular Hbond substituents is 1. The van der Waals surface area contributed by atoms with Crippen molar-refractivity contribution in [3.63, 3.8) is 0 Å². The number of rotatable bonds is 3. The number of hydrogen-bond acceptors (Lipinski definition) is 2. The third-order valence-electron chi connectivity index (χ3n) is 4.49. The summed E-state index contributed by atoms with van der Waals surface area (Å²) >= 11 is -0.826. The number of benzene rings is 2. The molecule has 0 saturated heterocycles. The van der Waals surface area contributed by atoms with E-state index in [0.717, 1.165) is 10.8 Å². The third kappa shape index (κ3) is 5.85. The predicted molar refractivity (Wildman–Crippen MR) is 110 cm³/mol. The molecule has 2 aromatic rings. The van der Waals surface area contributed by atoms with Gasteiger partial charge in [-0.15, -0.1) is 0 Å². The number of para-hydroxylation sites is 2. The molecule has 0 heterocycles. The maximum absolute atomic E-state index is 10.9. The Morgan fingerprint density at radius 2 is 1.48 bits per heavy atom. The first kappa shape index (κ1) is 22.8. The van der Waals surface area contributed by atoms with Crippen LogP contribution in [0.4, 0.5) is 5.69 Å². The SMILES string of the molecule is CN(c1ccccc1)[Si](C)(C)c1cccc(C(C)(C)C)c1O.[Cl][Zr][Cl]. The summed E-state index contributed by atoms with van der Waals surface area (Å²) in [6, 6.07) is 16.6. The van der Waals surface area contributed by atoms with Crippen molar-refractivity contribution in [1.82, 2.24) is 0 Å². The molecular weight excluding hydrogens is 448 g/mol. The van der Waals surface area contributed by atoms with Gasteiger partial charge in [-0.1, -0.05) is 57.2 Å². The second-order valence-corrected chi connectivity index (χ2v) is 15.5. The Bertz CT molecular complexity index is 675. The molecule has 2 aromatic carbocycles. The summed E-state index contributed by atoms with van der Waals surface area (Å²) in [6.45, 7) is 11.0. The Morgan fingerprint density at radius 1 is 0.960 bits per heavy atom. The molecule has 0 fully saturated rings. The molecule has 2 nitrogen and oxygen atoms in total. The fourth-order valence-electron chi connectivity index (χ4n) is 2.80. The zero-order chi connectivity index (χ0) is 19.3. The summed E-state index contributed by atoms with van der Waals surface area (Å²) in [5.41, 5.74) is 2.15. The molecule has 0 spiro atoms. The quantitative estimate of drug-likeness (QED) is 0.583. The summed E-state index contributed by atoms with van der Waals surface area (Å²) in [5.74, 6) is 0.467. The molecule has 0 aliphatic heterocycles. The van der Waals surface area contributed by atoms with Gasteiger partial charge in [-0.05, 0) is 43.3 Å². The molecule has 0 aliphatic carbocycles. The van der Waals surface area contributed by atoms with Crippen LogP contribution in [0.1, 0.15) is 26.3 Å². The first-order valence-corrected chi connectivity index (χ1v) is 17.4. The van der Waals surface area contributed by atoms with E-state index in [4.69, 9.17) is 17.0 Å². The van der Waals surface area contributed by atoms with Gasteiger partial charge in [-0.2, -0.15) is 0 Å². The molecular formula is C19H27Cl2NOSiZr. The Hall–Kier alpha value is -0.280. The monoisotopic (exact) mass is 473 g/mol. The van der Waals surface area contributed by atoms with Crippen molar-refractivity contribution in [1.29, 1.82) is 0 Å². The third-order valence-corrected chi connectivity index (χ3v) is 8.14. The van der Waals surface area contributed by atoms with Gasteiger partial charge in [0.15, 0.2) is 8.24 Å². The minimum atomic E-state index is -2.00. The van der Waals surface area contributed by atoms with Crippen molar-refractivity contribution in [3.8, 4) is 5.75 Å². The number of phenols is 1. The van der Waals surface area contributed by atoms with Crippen LogP contribution < -0.4 is 9.75 Å². The predicted octanol–water partition coefficient (Wildman–Crippen LogP) is 5.61. The van der Waals surface area contributed by atoms with E-state index in [1.54, 1.807) is 0 Å². The van der Waals surface area contributed by atoms with Crippen LogP contribution in [0.5, 0.6) is 5.75 Å². The first-order valence-electron chi connectivity index (χ1n) is 8.15. The molecule has 1 N–H and O–H groups in total. The van der Waals surface area contributed by atoms with Crippen LogP contribution in [0, 0.1) is 0 Å². The van der Waals surface area contributed by atoms with E-state index in [-0.39, 0.29) is 5.41 Å². The van der Waals surface area contributed by atoms with Crippen LogP contribution >= 0.6 is 17.0 Å². The summed E-state index contributed by atoms with van der Waals surface area (Å²) < 4.78 is 2.34. The van der Waals surface area contributed by atoms with E-state index in [1.165, 1.54) is 5.69 Å². The molecule has 0 unspecified atom stereocenters. The van der Waals surface area contributed by atoms with E-state index < -0.39 is 29.1 Å². The number of hydrogen-bond donors (Lipinski definition) is 1. The number of halogens is 2. The zero-order valence-corrected chi connectivity index (χ0v) is 20.7. The van der Waals surface area contributed by atoms with Crippen molar-refractivity contribution in [2.75, 3.05) is 11.6 Å². The van der Waals surface area contributed by atoms with Crippen LogP contribution in [-0.4, -0.2) is 20.4 Å². The molecule has 0 radical (unpaired) electrons. The number of aromatic hydroxyl groups is 1. The summed E-state index contributed by atoms with van der Waals surface area (Å²) in [7, 11) is 10.0. The average molecular weight is 476 g/mol. The normalized spacial score (nSPS) is 11.4. The van der Waals surface area contributed by atoms with Crippen LogP contribution in [0.3, 0.4) is 0 Å². The first-order chi connectivity index (χ1) is 11.6. The molecule has 0 aliphatic rings. The van der Waals surface area contributed by atoms with Crippen LogP contribution in [-0.2, 0) is 26.3 Å². The summed E-state index contributed by atoms with van der Waals surface area (Å²) in [4.78, 5) is 0. The van der Waals surface area contributed by atoms with Crippen LogP contribution in [0.15, 0.2) is 48.5 Å². The Morgan fingerprint density at radius 3 is 1.96 bits per heavy atom. The van der Waals surface area contributed by atoms with Gasteiger partial charge in [-0.25, -0.2) is 0 Å². The van der Waals surface area contributed by atoms with Crippen LogP contribution in [0.25, 0.3) is 0 Å². The van der Waals surface area contributed by atoms with Crippen molar-refractivity contribution < 1.29 is 26.0 Å². The Labute approximate surface area is 171 Å². The van der Waals surface area contributed by atoms with Gasteiger partial charge in [0.25, 0.3) is 0 Å². The van der Waals surface area contributed by atoms with E-state index >= 15 is 0 Å². The van der Waals surface area contributed by atoms with E-state index in [1.807, 2.05) is 12.1 Å². The van der Waals surface area contributed by atoms with Crippen molar-refractivity contribution >= 4 is 36.1 Å². The molecule has 6 heteroatoms. The molecule has 0 aromatic heterocycles. The molecule has 0 atom stereocenters. The summed E-state index contributed by atoms with van der Waals surface area (Å²) in [6.07, 6.45) is 0.